The van der Waals surface area contributed by atoms with Gasteiger partial charge in [-0.05, 0) is 82.0 Å². The lowest BCUT2D eigenvalue weighted by molar-refractivity contribution is -0.384. The number of aromatic nitrogens is 1. The molecule has 0 radical (unpaired) electrons. The number of nitro benzene ring substituents is 1. The number of hydrogen-bond donors (Lipinski definition) is 0. The Bertz CT molecular complexity index is 2210. The number of benzene rings is 4. The maximum atomic E-state index is 14.2. The van der Waals surface area contributed by atoms with Crippen LogP contribution in [-0.2, 0) is 16.1 Å². The molecule has 12 heteroatoms. The number of carbonyl (C=O) groups excluding carboxylic acids is 1. The first-order valence-electron chi connectivity index (χ1n) is 14.9. The largest absolute Gasteiger partial charge is 0.497 e. The zero-order chi connectivity index (χ0) is 33.8. The van der Waals surface area contributed by atoms with Gasteiger partial charge in [0.05, 0.1) is 45.0 Å². The van der Waals surface area contributed by atoms with Crippen LogP contribution in [0.2, 0.25) is 0 Å². The van der Waals surface area contributed by atoms with Crippen molar-refractivity contribution < 1.29 is 23.9 Å². The Hall–Kier alpha value is -5.33. The number of non-ortho nitro benzene ring substituents is 1. The van der Waals surface area contributed by atoms with E-state index in [4.69, 9.17) is 19.2 Å². The highest BCUT2D eigenvalue weighted by Gasteiger charge is 2.35. The maximum Gasteiger partial charge on any atom is 0.338 e. The summed E-state index contributed by atoms with van der Waals surface area (Å²) in [5, 5.41) is 10.9. The van der Waals surface area contributed by atoms with E-state index in [1.54, 1.807) is 55.0 Å². The molecule has 0 unspecified atom stereocenters. The number of ether oxygens (including phenoxy) is 3. The van der Waals surface area contributed by atoms with Crippen LogP contribution in [0, 0.1) is 10.1 Å². The molecule has 0 spiro atoms. The van der Waals surface area contributed by atoms with E-state index in [0.717, 1.165) is 16.7 Å². The molecule has 0 amide bonds. The third kappa shape index (κ3) is 6.71. The predicted molar refractivity (Wildman–Crippen MR) is 186 cm³/mol. The molecule has 10 nitrogen and oxygen atoms in total. The summed E-state index contributed by atoms with van der Waals surface area (Å²) in [6.45, 7) is 2.11. The summed E-state index contributed by atoms with van der Waals surface area (Å²) in [6, 6.07) is 27.4. The number of nitro groups is 1. The Morgan fingerprint density at radius 1 is 1.04 bits per heavy atom. The van der Waals surface area contributed by atoms with Gasteiger partial charge in [-0.1, -0.05) is 59.9 Å². The summed E-state index contributed by atoms with van der Waals surface area (Å²) in [4.78, 5) is 43.6. The van der Waals surface area contributed by atoms with Gasteiger partial charge in [0.1, 0.15) is 18.1 Å². The summed E-state index contributed by atoms with van der Waals surface area (Å²) in [6.07, 6.45) is 1.77. The van der Waals surface area contributed by atoms with Gasteiger partial charge in [0, 0.05) is 17.7 Å². The SMILES string of the molecule is CCOC(=O)C1=C(c2ccccc2)N=c2s/c(=C\c3ccc(OCc4ccc([N+](=O)[O-])cc4)c(Br)c3)c(=O)n2[C@@H]1c1ccc(OC)cc1. The van der Waals surface area contributed by atoms with Crippen LogP contribution in [-0.4, -0.2) is 29.2 Å². The normalized spacial score (nSPS) is 14.2. The molecule has 0 fully saturated rings. The minimum Gasteiger partial charge on any atom is -0.497 e. The van der Waals surface area contributed by atoms with Crippen molar-refractivity contribution in [3.05, 3.63) is 159 Å². The monoisotopic (exact) mass is 725 g/mol. The first-order chi connectivity index (χ1) is 23.3. The average Bonchev–Trinajstić information content (AvgIpc) is 3.41. The first-order valence-corrected chi connectivity index (χ1v) is 16.5. The van der Waals surface area contributed by atoms with Crippen LogP contribution >= 0.6 is 27.3 Å². The van der Waals surface area contributed by atoms with Crippen LogP contribution in [0.1, 0.15) is 35.2 Å². The van der Waals surface area contributed by atoms with Gasteiger partial charge in [-0.15, -0.1) is 0 Å². The summed E-state index contributed by atoms with van der Waals surface area (Å²) < 4.78 is 19.5. The summed E-state index contributed by atoms with van der Waals surface area (Å²) in [7, 11) is 1.57. The Morgan fingerprint density at radius 3 is 2.42 bits per heavy atom. The van der Waals surface area contributed by atoms with E-state index >= 15 is 0 Å². The van der Waals surface area contributed by atoms with Crippen molar-refractivity contribution in [3.8, 4) is 11.5 Å². The molecule has 1 aromatic heterocycles. The second-order valence-corrected chi connectivity index (χ2v) is 12.5. The fourth-order valence-corrected chi connectivity index (χ4v) is 6.80. The van der Waals surface area contributed by atoms with Gasteiger partial charge in [0.2, 0.25) is 0 Å². The number of rotatable bonds is 10. The molecule has 0 bridgehead atoms. The summed E-state index contributed by atoms with van der Waals surface area (Å²) in [5.74, 6) is 0.656. The third-order valence-electron chi connectivity index (χ3n) is 7.60. The molecular formula is C36H28BrN3O7S. The number of halogens is 1. The quantitative estimate of drug-likeness (QED) is 0.0956. The first kappa shape index (κ1) is 32.6. The molecule has 1 aliphatic rings. The highest BCUT2D eigenvalue weighted by molar-refractivity contribution is 9.10. The minimum absolute atomic E-state index is 0.0123. The van der Waals surface area contributed by atoms with Crippen molar-refractivity contribution in [2.75, 3.05) is 13.7 Å². The van der Waals surface area contributed by atoms with E-state index in [1.807, 2.05) is 54.6 Å². The number of thiazole rings is 1. The summed E-state index contributed by atoms with van der Waals surface area (Å²) in [5.41, 5.74) is 3.37. The predicted octanol–water partition coefficient (Wildman–Crippen LogP) is 6.19. The van der Waals surface area contributed by atoms with E-state index in [-0.39, 0.29) is 30.0 Å². The number of nitrogens with zero attached hydrogens (tertiary/aromatic N) is 3. The molecule has 0 saturated heterocycles. The summed E-state index contributed by atoms with van der Waals surface area (Å²) >= 11 is 4.80. The van der Waals surface area contributed by atoms with E-state index < -0.39 is 16.9 Å². The molecule has 0 aliphatic carbocycles. The number of esters is 1. The lowest BCUT2D eigenvalue weighted by atomic mass is 9.93. The van der Waals surface area contributed by atoms with Crippen molar-refractivity contribution >= 4 is 50.7 Å². The minimum atomic E-state index is -0.800. The van der Waals surface area contributed by atoms with Crippen LogP contribution in [0.5, 0.6) is 11.5 Å². The molecule has 6 rings (SSSR count). The number of fused-ring (bicyclic) bond motifs is 1. The van der Waals surface area contributed by atoms with Crippen molar-refractivity contribution in [3.63, 3.8) is 0 Å². The Labute approximate surface area is 287 Å². The van der Waals surface area contributed by atoms with Gasteiger partial charge in [-0.25, -0.2) is 9.79 Å². The highest BCUT2D eigenvalue weighted by atomic mass is 79.9. The van der Waals surface area contributed by atoms with Crippen molar-refractivity contribution in [2.45, 2.75) is 19.6 Å². The van der Waals surface area contributed by atoms with Crippen LogP contribution in [0.15, 0.2) is 117 Å². The topological polar surface area (TPSA) is 122 Å². The zero-order valence-electron chi connectivity index (χ0n) is 25.8. The van der Waals surface area contributed by atoms with Crippen molar-refractivity contribution in [2.24, 2.45) is 4.99 Å². The van der Waals surface area contributed by atoms with Crippen LogP contribution < -0.4 is 24.4 Å². The van der Waals surface area contributed by atoms with Crippen LogP contribution in [0.3, 0.4) is 0 Å². The lowest BCUT2D eigenvalue weighted by Gasteiger charge is -2.26. The van der Waals surface area contributed by atoms with E-state index in [0.29, 0.717) is 36.6 Å². The average molecular weight is 727 g/mol. The van der Waals surface area contributed by atoms with Gasteiger partial charge < -0.3 is 14.2 Å². The molecular weight excluding hydrogens is 698 g/mol. The Balaban J connectivity index is 1.41. The highest BCUT2D eigenvalue weighted by Crippen LogP contribution is 2.36. The third-order valence-corrected chi connectivity index (χ3v) is 9.20. The molecule has 242 valence electrons. The van der Waals surface area contributed by atoms with Crippen molar-refractivity contribution in [1.29, 1.82) is 0 Å². The molecule has 0 N–H and O–H groups in total. The number of methoxy groups -OCH3 is 1. The fraction of sp³-hybridized carbons (Fsp3) is 0.139. The Kier molecular flexibility index (Phi) is 9.65. The van der Waals surface area contributed by atoms with Gasteiger partial charge in [0.25, 0.3) is 11.2 Å². The molecule has 48 heavy (non-hydrogen) atoms. The van der Waals surface area contributed by atoms with Gasteiger partial charge >= 0.3 is 5.97 Å². The molecule has 2 heterocycles. The number of carbonyl (C=O) groups is 1. The van der Waals surface area contributed by atoms with Gasteiger partial charge in [-0.2, -0.15) is 0 Å². The smallest absolute Gasteiger partial charge is 0.338 e. The van der Waals surface area contributed by atoms with Crippen LogP contribution in [0.4, 0.5) is 5.69 Å². The molecule has 1 atom stereocenters. The fourth-order valence-electron chi connectivity index (χ4n) is 5.29. The molecule has 4 aromatic carbocycles. The lowest BCUT2D eigenvalue weighted by Crippen LogP contribution is -2.40. The number of hydrogen-bond acceptors (Lipinski definition) is 9. The molecule has 5 aromatic rings. The van der Waals surface area contributed by atoms with Gasteiger partial charge in [-0.3, -0.25) is 19.5 Å². The Morgan fingerprint density at radius 2 is 1.77 bits per heavy atom. The molecule has 0 saturated carbocycles. The molecule has 1 aliphatic heterocycles. The van der Waals surface area contributed by atoms with E-state index in [2.05, 4.69) is 15.9 Å². The van der Waals surface area contributed by atoms with Crippen LogP contribution in [0.25, 0.3) is 11.8 Å². The van der Waals surface area contributed by atoms with Crippen molar-refractivity contribution in [1.82, 2.24) is 4.57 Å². The zero-order valence-corrected chi connectivity index (χ0v) is 28.2. The standard InChI is InChI=1S/C36H28BrN3O7S/c1-3-46-35(42)31-32(24-7-5-4-6-8-24)38-36-39(33(31)25-12-16-27(45-2)17-13-25)34(41)30(48-36)20-23-11-18-29(28(37)19-23)47-21-22-9-14-26(15-10-22)40(43)44/h4-20,33H,3,21H2,1-2H3/b30-20-/t33-/m1/s1. The van der Waals surface area contributed by atoms with E-state index in [1.165, 1.54) is 23.5 Å². The second-order valence-electron chi connectivity index (χ2n) is 10.6. The second kappa shape index (κ2) is 14.2. The van der Waals surface area contributed by atoms with Gasteiger partial charge in [0.15, 0.2) is 4.80 Å². The maximum absolute atomic E-state index is 14.2. The van der Waals surface area contributed by atoms with E-state index in [9.17, 15) is 19.7 Å².